The van der Waals surface area contributed by atoms with Crippen molar-refractivity contribution >= 4 is 42.6 Å². The fraction of sp³-hybridized carbons (Fsp3) is 0.179. The molecule has 8 heteroatoms. The fourth-order valence-electron chi connectivity index (χ4n) is 5.17. The first-order valence-electron chi connectivity index (χ1n) is 11.6. The van der Waals surface area contributed by atoms with Crippen molar-refractivity contribution in [3.05, 3.63) is 83.9 Å². The van der Waals surface area contributed by atoms with Gasteiger partial charge < -0.3 is 4.18 Å². The quantitative estimate of drug-likeness (QED) is 0.146. The maximum atomic E-state index is 13.2. The van der Waals surface area contributed by atoms with Crippen LogP contribution in [0.3, 0.4) is 0 Å². The average Bonchev–Trinajstić information content (AvgIpc) is 2.87. The van der Waals surface area contributed by atoms with Crippen molar-refractivity contribution in [2.45, 2.75) is 31.2 Å². The highest BCUT2D eigenvalue weighted by atomic mass is 32.2. The van der Waals surface area contributed by atoms with Gasteiger partial charge in [0.05, 0.1) is 11.2 Å². The smallest absolute Gasteiger partial charge is 0.375 e. The largest absolute Gasteiger partial charge is 0.534 e. The molecule has 1 aliphatic carbocycles. The van der Waals surface area contributed by atoms with Gasteiger partial charge in [-0.3, -0.25) is 0 Å². The molecule has 0 atom stereocenters. The van der Waals surface area contributed by atoms with Crippen molar-refractivity contribution in [3.8, 4) is 17.0 Å². The third kappa shape index (κ3) is 3.67. The van der Waals surface area contributed by atoms with E-state index in [1.165, 1.54) is 23.3 Å². The normalized spacial score (nSPS) is 14.3. The SMILES string of the molecule is O=S(=O)(Oc1cc(-c2cc3ccccc3c3ccc4c(c23)CCCC4)nc2ccccc12)C(F)(F)F. The van der Waals surface area contributed by atoms with Gasteiger partial charge in [-0.05, 0) is 76.6 Å². The summed E-state index contributed by atoms with van der Waals surface area (Å²) in [4.78, 5) is 4.75. The number of fused-ring (bicyclic) bond motifs is 6. The number of aromatic nitrogens is 1. The van der Waals surface area contributed by atoms with Crippen molar-refractivity contribution in [2.75, 3.05) is 0 Å². The van der Waals surface area contributed by atoms with E-state index in [1.54, 1.807) is 18.2 Å². The molecule has 1 aliphatic rings. The number of nitrogens with zero attached hydrogens (tertiary/aromatic N) is 1. The highest BCUT2D eigenvalue weighted by molar-refractivity contribution is 7.88. The van der Waals surface area contributed by atoms with Gasteiger partial charge >= 0.3 is 15.6 Å². The molecule has 0 aliphatic heterocycles. The van der Waals surface area contributed by atoms with E-state index in [0.29, 0.717) is 11.2 Å². The summed E-state index contributed by atoms with van der Waals surface area (Å²) in [6.07, 6.45) is 3.99. The lowest BCUT2D eigenvalue weighted by molar-refractivity contribution is -0.0499. The standard InChI is InChI=1S/C28H20F3NO3S/c29-28(30,31)36(33,34)35-26-16-25(32-24-12-6-5-11-22(24)26)23-15-18-8-2-3-9-19(18)21-14-13-17-7-1-4-10-20(17)27(21)23/h2-3,5-6,8-9,11-16H,1,4,7,10H2. The summed E-state index contributed by atoms with van der Waals surface area (Å²) in [5, 5.41) is 4.24. The first-order chi connectivity index (χ1) is 17.2. The Labute approximate surface area is 205 Å². The molecule has 5 aromatic rings. The van der Waals surface area contributed by atoms with Crippen LogP contribution in [0.4, 0.5) is 13.2 Å². The third-order valence-corrected chi connectivity index (χ3v) is 7.76. The second kappa shape index (κ2) is 8.20. The van der Waals surface area contributed by atoms with Gasteiger partial charge in [-0.1, -0.05) is 48.5 Å². The first kappa shape index (κ1) is 22.8. The molecule has 0 N–H and O–H groups in total. The van der Waals surface area contributed by atoms with Crippen LogP contribution in [0.2, 0.25) is 0 Å². The van der Waals surface area contributed by atoms with E-state index < -0.39 is 21.4 Å². The minimum Gasteiger partial charge on any atom is -0.375 e. The van der Waals surface area contributed by atoms with Gasteiger partial charge in [-0.25, -0.2) is 4.98 Å². The molecule has 36 heavy (non-hydrogen) atoms. The van der Waals surface area contributed by atoms with Crippen LogP contribution in [-0.4, -0.2) is 18.9 Å². The fourth-order valence-corrected chi connectivity index (χ4v) is 5.64. The number of pyridine rings is 1. The second-order valence-corrected chi connectivity index (χ2v) is 10.5. The van der Waals surface area contributed by atoms with Gasteiger partial charge in [0.2, 0.25) is 0 Å². The maximum absolute atomic E-state index is 13.2. The second-order valence-electron chi connectivity index (χ2n) is 8.98. The lowest BCUT2D eigenvalue weighted by atomic mass is 9.84. The summed E-state index contributed by atoms with van der Waals surface area (Å²) in [5.74, 6) is -0.404. The van der Waals surface area contributed by atoms with Gasteiger partial charge in [0.15, 0.2) is 5.75 Å². The molecule has 0 amide bonds. The summed E-state index contributed by atoms with van der Waals surface area (Å²) in [7, 11) is -5.86. The molecule has 4 aromatic carbocycles. The topological polar surface area (TPSA) is 56.3 Å². The van der Waals surface area contributed by atoms with E-state index >= 15 is 0 Å². The molecule has 0 unspecified atom stereocenters. The van der Waals surface area contributed by atoms with Crippen LogP contribution in [0.5, 0.6) is 5.75 Å². The number of para-hydroxylation sites is 1. The molecular formula is C28H20F3NO3S. The summed E-state index contributed by atoms with van der Waals surface area (Å²) >= 11 is 0. The molecular weight excluding hydrogens is 487 g/mol. The minimum absolute atomic E-state index is 0.182. The highest BCUT2D eigenvalue weighted by Crippen LogP contribution is 2.42. The van der Waals surface area contributed by atoms with E-state index in [2.05, 4.69) is 22.4 Å². The van der Waals surface area contributed by atoms with Gasteiger partial charge in [-0.2, -0.15) is 21.6 Å². The Hall–Kier alpha value is -3.65. The molecule has 0 bridgehead atoms. The van der Waals surface area contributed by atoms with Gasteiger partial charge in [0.1, 0.15) is 0 Å². The number of halogens is 3. The Bertz CT molecular complexity index is 1780. The maximum Gasteiger partial charge on any atom is 0.534 e. The Morgan fingerprint density at radius 1 is 0.806 bits per heavy atom. The Kier molecular flexibility index (Phi) is 5.19. The van der Waals surface area contributed by atoms with E-state index in [1.807, 2.05) is 24.3 Å². The number of benzene rings is 4. The summed E-state index contributed by atoms with van der Waals surface area (Å²) in [5.41, 5.74) is -1.65. The summed E-state index contributed by atoms with van der Waals surface area (Å²) in [6, 6.07) is 21.9. The molecule has 0 saturated heterocycles. The van der Waals surface area contributed by atoms with Crippen molar-refractivity contribution < 1.29 is 25.8 Å². The molecule has 6 rings (SSSR count). The Morgan fingerprint density at radius 2 is 1.53 bits per heavy atom. The molecule has 1 aromatic heterocycles. The lowest BCUT2D eigenvalue weighted by Gasteiger charge is -2.21. The van der Waals surface area contributed by atoms with Crippen molar-refractivity contribution in [2.24, 2.45) is 0 Å². The van der Waals surface area contributed by atoms with Crippen molar-refractivity contribution in [1.29, 1.82) is 0 Å². The highest BCUT2D eigenvalue weighted by Gasteiger charge is 2.48. The van der Waals surface area contributed by atoms with Crippen LogP contribution < -0.4 is 4.18 Å². The molecule has 0 radical (unpaired) electrons. The molecule has 0 fully saturated rings. The van der Waals surface area contributed by atoms with E-state index in [4.69, 9.17) is 4.98 Å². The third-order valence-electron chi connectivity index (χ3n) is 6.79. The van der Waals surface area contributed by atoms with Crippen molar-refractivity contribution in [3.63, 3.8) is 0 Å². The van der Waals surface area contributed by atoms with Gasteiger partial charge in [0, 0.05) is 17.0 Å². The van der Waals surface area contributed by atoms with Gasteiger partial charge in [0.25, 0.3) is 0 Å². The molecule has 0 spiro atoms. The number of hydrogen-bond acceptors (Lipinski definition) is 4. The first-order valence-corrected chi connectivity index (χ1v) is 13.0. The zero-order chi connectivity index (χ0) is 25.1. The summed E-state index contributed by atoms with van der Waals surface area (Å²) < 4.78 is 68.1. The Balaban J connectivity index is 1.69. The van der Waals surface area contributed by atoms with Gasteiger partial charge in [-0.15, -0.1) is 0 Å². The van der Waals surface area contributed by atoms with Crippen LogP contribution in [0.1, 0.15) is 24.0 Å². The minimum atomic E-state index is -5.86. The molecule has 0 saturated carbocycles. The number of hydrogen-bond donors (Lipinski definition) is 0. The number of alkyl halides is 3. The number of rotatable bonds is 3. The van der Waals surface area contributed by atoms with Crippen molar-refractivity contribution in [1.82, 2.24) is 4.98 Å². The van der Waals surface area contributed by atoms with E-state index in [0.717, 1.165) is 52.8 Å². The monoisotopic (exact) mass is 507 g/mol. The van der Waals surface area contributed by atoms with Crippen LogP contribution in [0.15, 0.2) is 72.8 Å². The lowest BCUT2D eigenvalue weighted by Crippen LogP contribution is -2.28. The van der Waals surface area contributed by atoms with Crippen LogP contribution in [0.25, 0.3) is 43.7 Å². The van der Waals surface area contributed by atoms with Crippen LogP contribution in [-0.2, 0) is 23.0 Å². The molecule has 4 nitrogen and oxygen atoms in total. The van der Waals surface area contributed by atoms with Crippen LogP contribution in [0, 0.1) is 0 Å². The molecule has 182 valence electrons. The predicted molar refractivity (Wildman–Crippen MR) is 134 cm³/mol. The van der Waals surface area contributed by atoms with E-state index in [-0.39, 0.29) is 5.39 Å². The van der Waals surface area contributed by atoms with Crippen LogP contribution >= 0.6 is 0 Å². The van der Waals surface area contributed by atoms with E-state index in [9.17, 15) is 21.6 Å². The average molecular weight is 508 g/mol. The predicted octanol–water partition coefficient (Wildman–Crippen LogP) is 7.32. The zero-order valence-electron chi connectivity index (χ0n) is 19.0. The summed E-state index contributed by atoms with van der Waals surface area (Å²) in [6.45, 7) is 0. The number of aryl methyl sites for hydroxylation is 2. The zero-order valence-corrected chi connectivity index (χ0v) is 19.8. The Morgan fingerprint density at radius 3 is 2.33 bits per heavy atom. The molecule has 1 heterocycles.